The van der Waals surface area contributed by atoms with Crippen molar-refractivity contribution in [3.63, 3.8) is 0 Å². The van der Waals surface area contributed by atoms with Crippen molar-refractivity contribution in [3.8, 4) is 33.6 Å². The molecule has 0 radical (unpaired) electrons. The lowest BCUT2D eigenvalue weighted by molar-refractivity contribution is 0.670. The van der Waals surface area contributed by atoms with Crippen LogP contribution in [0.3, 0.4) is 0 Å². The third-order valence-corrected chi connectivity index (χ3v) is 10.5. The summed E-state index contributed by atoms with van der Waals surface area (Å²) in [4.78, 5) is 0. The second kappa shape index (κ2) is 10.8. The molecule has 0 amide bonds. The molecular weight excluding hydrogens is 621 g/mol. The molecule has 0 saturated carbocycles. The highest BCUT2D eigenvalue weighted by Gasteiger charge is 2.17. The molecule has 0 bridgehead atoms. The lowest BCUT2D eigenvalue weighted by Gasteiger charge is -2.12. The Labute approximate surface area is 293 Å². The van der Waals surface area contributed by atoms with E-state index in [4.69, 9.17) is 4.42 Å². The highest BCUT2D eigenvalue weighted by molar-refractivity contribution is 6.13. The van der Waals surface area contributed by atoms with Crippen molar-refractivity contribution >= 4 is 65.6 Å². The molecule has 51 heavy (non-hydrogen) atoms. The van der Waals surface area contributed by atoms with E-state index >= 15 is 0 Å². The van der Waals surface area contributed by atoms with E-state index in [9.17, 15) is 0 Å². The summed E-state index contributed by atoms with van der Waals surface area (Å²) >= 11 is 0. The van der Waals surface area contributed by atoms with E-state index < -0.39 is 0 Å². The van der Waals surface area contributed by atoms with Crippen molar-refractivity contribution in [2.24, 2.45) is 0 Å². The van der Waals surface area contributed by atoms with Crippen LogP contribution in [0.4, 0.5) is 0 Å². The second-order valence-corrected chi connectivity index (χ2v) is 13.3. The summed E-state index contributed by atoms with van der Waals surface area (Å²) in [6.45, 7) is 0. The van der Waals surface area contributed by atoms with Crippen LogP contribution in [0, 0.1) is 0 Å². The first kappa shape index (κ1) is 28.0. The quantitative estimate of drug-likeness (QED) is 0.186. The zero-order valence-corrected chi connectivity index (χ0v) is 27.6. The Morgan fingerprint density at radius 3 is 1.55 bits per heavy atom. The monoisotopic (exact) mass is 650 g/mol. The molecule has 0 N–H and O–H groups in total. The average Bonchev–Trinajstić information content (AvgIpc) is 3.86. The molecule has 0 atom stereocenters. The lowest BCUT2D eigenvalue weighted by atomic mass is 9.97. The molecule has 0 fully saturated rings. The van der Waals surface area contributed by atoms with Gasteiger partial charge in [-0.3, -0.25) is 0 Å². The van der Waals surface area contributed by atoms with Gasteiger partial charge < -0.3 is 13.6 Å². The van der Waals surface area contributed by atoms with E-state index in [1.54, 1.807) is 0 Å². The molecular formula is C48H30N2O. The van der Waals surface area contributed by atoms with E-state index in [2.05, 4.69) is 179 Å². The normalized spacial score (nSPS) is 11.9. The minimum Gasteiger partial charge on any atom is -0.455 e. The predicted octanol–water partition coefficient (Wildman–Crippen LogP) is 13.1. The number of para-hydroxylation sites is 5. The zero-order chi connectivity index (χ0) is 33.5. The predicted molar refractivity (Wildman–Crippen MR) is 213 cm³/mol. The Kier molecular flexibility index (Phi) is 5.96. The summed E-state index contributed by atoms with van der Waals surface area (Å²) in [5.74, 6) is 0. The van der Waals surface area contributed by atoms with Gasteiger partial charge in [-0.1, -0.05) is 121 Å². The van der Waals surface area contributed by atoms with Crippen LogP contribution in [-0.4, -0.2) is 9.13 Å². The Morgan fingerprint density at radius 1 is 0.314 bits per heavy atom. The molecule has 0 aliphatic heterocycles. The van der Waals surface area contributed by atoms with Crippen molar-refractivity contribution in [1.29, 1.82) is 0 Å². The van der Waals surface area contributed by atoms with Crippen LogP contribution in [0.5, 0.6) is 0 Å². The van der Waals surface area contributed by atoms with Gasteiger partial charge in [-0.15, -0.1) is 0 Å². The van der Waals surface area contributed by atoms with Crippen molar-refractivity contribution in [3.05, 3.63) is 182 Å². The van der Waals surface area contributed by atoms with E-state index in [0.29, 0.717) is 0 Å². The maximum absolute atomic E-state index is 6.40. The molecule has 8 aromatic carbocycles. The highest BCUT2D eigenvalue weighted by Crippen LogP contribution is 2.39. The van der Waals surface area contributed by atoms with E-state index in [0.717, 1.165) is 50.0 Å². The topological polar surface area (TPSA) is 23.0 Å². The Balaban J connectivity index is 1.06. The molecule has 238 valence electrons. The van der Waals surface area contributed by atoms with Crippen LogP contribution in [0.25, 0.3) is 99.2 Å². The minimum absolute atomic E-state index is 0.914. The average molecular weight is 651 g/mol. The zero-order valence-electron chi connectivity index (χ0n) is 27.6. The molecule has 0 unspecified atom stereocenters. The van der Waals surface area contributed by atoms with Crippen LogP contribution in [0.15, 0.2) is 186 Å². The third kappa shape index (κ3) is 4.19. The van der Waals surface area contributed by atoms with Crippen LogP contribution < -0.4 is 0 Å². The number of benzene rings is 8. The summed E-state index contributed by atoms with van der Waals surface area (Å²) in [7, 11) is 0. The van der Waals surface area contributed by atoms with Crippen molar-refractivity contribution < 1.29 is 4.42 Å². The standard InChI is InChI=1S/C48H30N2O/c1-5-22-43-37(16-1)38-17-2-6-23-44(38)50(43)35-26-27-46-42(30-35)39-18-3-7-24-45(39)49(46)34-15-10-13-32(29-34)31-12-9-14-33(28-31)36-20-11-21-41-40-19-4-8-25-47(40)51-48(36)41/h1-30H. The fourth-order valence-electron chi connectivity index (χ4n) is 8.24. The summed E-state index contributed by atoms with van der Waals surface area (Å²) in [5.41, 5.74) is 13.5. The van der Waals surface area contributed by atoms with Crippen molar-refractivity contribution in [2.75, 3.05) is 0 Å². The van der Waals surface area contributed by atoms with E-state index in [1.165, 1.54) is 49.2 Å². The molecule has 11 aromatic rings. The molecule has 0 aliphatic carbocycles. The lowest BCUT2D eigenvalue weighted by Crippen LogP contribution is -1.96. The summed E-state index contributed by atoms with van der Waals surface area (Å²) in [5, 5.41) is 7.30. The molecule has 3 nitrogen and oxygen atoms in total. The first-order chi connectivity index (χ1) is 25.3. The fraction of sp³-hybridized carbons (Fsp3) is 0. The summed E-state index contributed by atoms with van der Waals surface area (Å²) < 4.78 is 11.2. The summed E-state index contributed by atoms with van der Waals surface area (Å²) in [6, 6.07) is 65.5. The largest absolute Gasteiger partial charge is 0.455 e. The van der Waals surface area contributed by atoms with Gasteiger partial charge in [0.05, 0.1) is 22.1 Å². The maximum Gasteiger partial charge on any atom is 0.143 e. The molecule has 11 rings (SSSR count). The Hall–Kier alpha value is -6.84. The van der Waals surface area contributed by atoms with Gasteiger partial charge in [-0.25, -0.2) is 0 Å². The molecule has 3 heterocycles. The van der Waals surface area contributed by atoms with Crippen LogP contribution in [0.1, 0.15) is 0 Å². The number of hydrogen-bond donors (Lipinski definition) is 0. The minimum atomic E-state index is 0.914. The van der Waals surface area contributed by atoms with Gasteiger partial charge in [0, 0.05) is 49.3 Å². The Bertz CT molecular complexity index is 3100. The number of aromatic nitrogens is 2. The van der Waals surface area contributed by atoms with Gasteiger partial charge in [0.25, 0.3) is 0 Å². The molecule has 0 aliphatic rings. The van der Waals surface area contributed by atoms with Gasteiger partial charge in [0.15, 0.2) is 0 Å². The highest BCUT2D eigenvalue weighted by atomic mass is 16.3. The number of furan rings is 1. The van der Waals surface area contributed by atoms with Crippen molar-refractivity contribution in [1.82, 2.24) is 9.13 Å². The van der Waals surface area contributed by atoms with Gasteiger partial charge in [-0.2, -0.15) is 0 Å². The van der Waals surface area contributed by atoms with Gasteiger partial charge in [0.1, 0.15) is 11.2 Å². The molecule has 0 spiro atoms. The smallest absolute Gasteiger partial charge is 0.143 e. The van der Waals surface area contributed by atoms with E-state index in [-0.39, 0.29) is 0 Å². The van der Waals surface area contributed by atoms with Gasteiger partial charge in [-0.05, 0) is 77.4 Å². The van der Waals surface area contributed by atoms with Crippen molar-refractivity contribution in [2.45, 2.75) is 0 Å². The molecule has 3 aromatic heterocycles. The number of nitrogens with zero attached hydrogens (tertiary/aromatic N) is 2. The van der Waals surface area contributed by atoms with Crippen LogP contribution in [-0.2, 0) is 0 Å². The fourth-order valence-corrected chi connectivity index (χ4v) is 8.24. The number of hydrogen-bond acceptors (Lipinski definition) is 1. The second-order valence-electron chi connectivity index (χ2n) is 13.3. The SMILES string of the molecule is c1cc(-c2cccc(-n3c4ccccc4c4cc(-n5c6ccccc6c6ccccc65)ccc43)c2)cc(-c2cccc3c2oc2ccccc23)c1. The first-order valence-corrected chi connectivity index (χ1v) is 17.4. The maximum atomic E-state index is 6.40. The molecule has 0 saturated heterocycles. The van der Waals surface area contributed by atoms with E-state index in [1.807, 2.05) is 12.1 Å². The third-order valence-electron chi connectivity index (χ3n) is 10.5. The van der Waals surface area contributed by atoms with Gasteiger partial charge in [0.2, 0.25) is 0 Å². The molecule has 3 heteroatoms. The summed E-state index contributed by atoms with van der Waals surface area (Å²) in [6.07, 6.45) is 0. The first-order valence-electron chi connectivity index (χ1n) is 17.4. The number of rotatable bonds is 4. The number of fused-ring (bicyclic) bond motifs is 9. The van der Waals surface area contributed by atoms with Crippen LogP contribution in [0.2, 0.25) is 0 Å². The van der Waals surface area contributed by atoms with Gasteiger partial charge >= 0.3 is 0 Å². The van der Waals surface area contributed by atoms with Crippen LogP contribution >= 0.6 is 0 Å². The Morgan fingerprint density at radius 2 is 0.824 bits per heavy atom.